The summed E-state index contributed by atoms with van der Waals surface area (Å²) in [5, 5.41) is 6.60. The summed E-state index contributed by atoms with van der Waals surface area (Å²) in [6.07, 6.45) is 1.11. The topological polar surface area (TPSA) is 89.0 Å². The fourth-order valence-corrected chi connectivity index (χ4v) is 2.87. The van der Waals surface area contributed by atoms with Crippen LogP contribution in [0.15, 0.2) is 77.9 Å². The number of hydrogen-bond acceptors (Lipinski definition) is 5. The molecule has 0 spiro atoms. The highest BCUT2D eigenvalue weighted by atomic mass is 16.5. The van der Waals surface area contributed by atoms with Crippen molar-refractivity contribution in [1.82, 2.24) is 5.43 Å². The maximum atomic E-state index is 12.1. The molecule has 3 rings (SSSR count). The van der Waals surface area contributed by atoms with Crippen LogP contribution in [0.2, 0.25) is 0 Å². The van der Waals surface area contributed by atoms with Gasteiger partial charge in [0.2, 0.25) is 11.8 Å². The van der Waals surface area contributed by atoms with E-state index in [-0.39, 0.29) is 6.42 Å². The molecule has 0 aromatic heterocycles. The summed E-state index contributed by atoms with van der Waals surface area (Å²) < 4.78 is 11.1. The van der Waals surface area contributed by atoms with Gasteiger partial charge in [-0.1, -0.05) is 54.1 Å². The first-order valence-electron chi connectivity index (χ1n) is 10.1. The standard InChI is InChI=1S/C25H25N3O4/c1-18-11-13-19(14-12-18)17-32-22-9-5-3-7-20(22)16-26-28-25(30)15-24(29)27-21-8-4-6-10-23(21)31-2/h3-14,16H,15,17H2,1-2H3,(H,27,29)(H,28,30). The third-order valence-corrected chi connectivity index (χ3v) is 4.53. The van der Waals surface area contributed by atoms with Crippen LogP contribution in [0.1, 0.15) is 23.1 Å². The van der Waals surface area contributed by atoms with E-state index in [9.17, 15) is 9.59 Å². The van der Waals surface area contributed by atoms with Crippen molar-refractivity contribution in [3.05, 3.63) is 89.5 Å². The lowest BCUT2D eigenvalue weighted by Crippen LogP contribution is -2.24. The number of amides is 2. The first kappa shape index (κ1) is 22.6. The van der Waals surface area contributed by atoms with E-state index in [1.807, 2.05) is 55.5 Å². The van der Waals surface area contributed by atoms with Crippen LogP contribution in [-0.4, -0.2) is 25.1 Å². The largest absolute Gasteiger partial charge is 0.495 e. The summed E-state index contributed by atoms with van der Waals surface area (Å²) in [5.74, 6) is 0.150. The number of hydrogen-bond donors (Lipinski definition) is 2. The second kappa shape index (κ2) is 11.3. The molecule has 0 saturated heterocycles. The average molecular weight is 431 g/mol. The Hall–Kier alpha value is -4.13. The number of hydrazone groups is 1. The van der Waals surface area contributed by atoms with Gasteiger partial charge in [0.1, 0.15) is 24.5 Å². The minimum Gasteiger partial charge on any atom is -0.495 e. The average Bonchev–Trinajstić information content (AvgIpc) is 2.79. The molecule has 0 radical (unpaired) electrons. The van der Waals surface area contributed by atoms with Crippen molar-refractivity contribution in [2.45, 2.75) is 20.0 Å². The van der Waals surface area contributed by atoms with Gasteiger partial charge in [-0.25, -0.2) is 5.43 Å². The van der Waals surface area contributed by atoms with Crippen molar-refractivity contribution in [3.63, 3.8) is 0 Å². The molecular formula is C25H25N3O4. The third kappa shape index (κ3) is 6.70. The third-order valence-electron chi connectivity index (χ3n) is 4.53. The van der Waals surface area contributed by atoms with Gasteiger partial charge in [0.05, 0.1) is 19.0 Å². The molecule has 2 N–H and O–H groups in total. The summed E-state index contributed by atoms with van der Waals surface area (Å²) in [6, 6.07) is 22.4. The van der Waals surface area contributed by atoms with Crippen LogP contribution in [0, 0.1) is 6.92 Å². The molecule has 0 fully saturated rings. The number of ether oxygens (including phenoxy) is 2. The van der Waals surface area contributed by atoms with Gasteiger partial charge >= 0.3 is 0 Å². The molecule has 0 heterocycles. The summed E-state index contributed by atoms with van der Waals surface area (Å²) in [6.45, 7) is 2.45. The van der Waals surface area contributed by atoms with Crippen LogP contribution in [0.3, 0.4) is 0 Å². The highest BCUT2D eigenvalue weighted by molar-refractivity contribution is 6.04. The quantitative estimate of drug-likeness (QED) is 0.304. The monoisotopic (exact) mass is 431 g/mol. The predicted octanol–water partition coefficient (Wildman–Crippen LogP) is 4.06. The molecule has 3 aromatic carbocycles. The van der Waals surface area contributed by atoms with Gasteiger partial charge in [0.15, 0.2) is 0 Å². The van der Waals surface area contributed by atoms with Crippen LogP contribution in [0.4, 0.5) is 5.69 Å². The number of benzene rings is 3. The summed E-state index contributed by atoms with van der Waals surface area (Å²) in [7, 11) is 1.51. The van der Waals surface area contributed by atoms with E-state index in [1.165, 1.54) is 18.9 Å². The maximum absolute atomic E-state index is 12.1. The Morgan fingerprint density at radius 1 is 0.906 bits per heavy atom. The Labute approximate surface area is 187 Å². The molecule has 0 aliphatic carbocycles. The molecular weight excluding hydrogens is 406 g/mol. The SMILES string of the molecule is COc1ccccc1NC(=O)CC(=O)NN=Cc1ccccc1OCc1ccc(C)cc1. The molecule has 3 aromatic rings. The number of nitrogens with zero attached hydrogens (tertiary/aromatic N) is 1. The zero-order chi connectivity index (χ0) is 22.8. The minimum absolute atomic E-state index is 0.374. The van der Waals surface area contributed by atoms with Gasteiger partial charge in [0, 0.05) is 5.56 Å². The van der Waals surface area contributed by atoms with Crippen LogP contribution < -0.4 is 20.2 Å². The molecule has 0 aliphatic heterocycles. The molecule has 0 atom stereocenters. The summed E-state index contributed by atoms with van der Waals surface area (Å²) in [5.41, 5.74) is 5.81. The molecule has 0 saturated carbocycles. The maximum Gasteiger partial charge on any atom is 0.249 e. The van der Waals surface area contributed by atoms with Crippen molar-refractivity contribution in [1.29, 1.82) is 0 Å². The number of nitrogens with one attached hydrogen (secondary N) is 2. The lowest BCUT2D eigenvalue weighted by atomic mass is 10.1. The molecule has 0 aliphatic rings. The van der Waals surface area contributed by atoms with E-state index in [0.717, 1.165) is 5.56 Å². The second-order valence-electron chi connectivity index (χ2n) is 7.03. The van der Waals surface area contributed by atoms with Gasteiger partial charge in [-0.05, 0) is 36.8 Å². The Balaban J connectivity index is 1.52. The van der Waals surface area contributed by atoms with E-state index in [1.54, 1.807) is 24.3 Å². The molecule has 0 bridgehead atoms. The zero-order valence-corrected chi connectivity index (χ0v) is 18.0. The molecule has 32 heavy (non-hydrogen) atoms. The predicted molar refractivity (Wildman–Crippen MR) is 124 cm³/mol. The van der Waals surface area contributed by atoms with Gasteiger partial charge in [0.25, 0.3) is 0 Å². The number of carbonyl (C=O) groups is 2. The number of rotatable bonds is 9. The number of para-hydroxylation sites is 3. The summed E-state index contributed by atoms with van der Waals surface area (Å²) in [4.78, 5) is 24.2. The smallest absolute Gasteiger partial charge is 0.249 e. The fraction of sp³-hybridized carbons (Fsp3) is 0.160. The van der Waals surface area contributed by atoms with Gasteiger partial charge in [-0.2, -0.15) is 5.10 Å². The number of anilines is 1. The van der Waals surface area contributed by atoms with E-state index in [0.29, 0.717) is 29.4 Å². The highest BCUT2D eigenvalue weighted by Crippen LogP contribution is 2.23. The number of carbonyl (C=O) groups excluding carboxylic acids is 2. The molecule has 0 unspecified atom stereocenters. The highest BCUT2D eigenvalue weighted by Gasteiger charge is 2.11. The molecule has 164 valence electrons. The lowest BCUT2D eigenvalue weighted by Gasteiger charge is -2.10. The van der Waals surface area contributed by atoms with E-state index in [2.05, 4.69) is 15.8 Å². The number of methoxy groups -OCH3 is 1. The van der Waals surface area contributed by atoms with Gasteiger partial charge in [-0.3, -0.25) is 9.59 Å². The van der Waals surface area contributed by atoms with Gasteiger partial charge < -0.3 is 14.8 Å². The van der Waals surface area contributed by atoms with Crippen molar-refractivity contribution in [2.75, 3.05) is 12.4 Å². The molecule has 2 amide bonds. The Morgan fingerprint density at radius 2 is 1.59 bits per heavy atom. The van der Waals surface area contributed by atoms with Crippen LogP contribution >= 0.6 is 0 Å². The fourth-order valence-electron chi connectivity index (χ4n) is 2.87. The molecule has 7 heteroatoms. The second-order valence-corrected chi connectivity index (χ2v) is 7.03. The number of aryl methyl sites for hydroxylation is 1. The van der Waals surface area contributed by atoms with Crippen LogP contribution in [0.5, 0.6) is 11.5 Å². The Bertz CT molecular complexity index is 1090. The normalized spacial score (nSPS) is 10.6. The summed E-state index contributed by atoms with van der Waals surface area (Å²) >= 11 is 0. The first-order chi connectivity index (χ1) is 15.5. The van der Waals surface area contributed by atoms with Crippen molar-refractivity contribution >= 4 is 23.7 Å². The van der Waals surface area contributed by atoms with Crippen molar-refractivity contribution < 1.29 is 19.1 Å². The van der Waals surface area contributed by atoms with E-state index >= 15 is 0 Å². The Morgan fingerprint density at radius 3 is 2.34 bits per heavy atom. The molecule has 7 nitrogen and oxygen atoms in total. The lowest BCUT2D eigenvalue weighted by molar-refractivity contribution is -0.126. The van der Waals surface area contributed by atoms with Crippen LogP contribution in [-0.2, 0) is 16.2 Å². The van der Waals surface area contributed by atoms with E-state index in [4.69, 9.17) is 9.47 Å². The van der Waals surface area contributed by atoms with Crippen LogP contribution in [0.25, 0.3) is 0 Å². The van der Waals surface area contributed by atoms with Gasteiger partial charge in [-0.15, -0.1) is 0 Å². The first-order valence-corrected chi connectivity index (χ1v) is 10.1. The van der Waals surface area contributed by atoms with Crippen molar-refractivity contribution in [2.24, 2.45) is 5.10 Å². The zero-order valence-electron chi connectivity index (χ0n) is 18.0. The van der Waals surface area contributed by atoms with E-state index < -0.39 is 11.8 Å². The Kier molecular flexibility index (Phi) is 7.97. The van der Waals surface area contributed by atoms with Crippen molar-refractivity contribution in [3.8, 4) is 11.5 Å². The minimum atomic E-state index is -0.535.